The molecule has 1 aliphatic rings. The van der Waals surface area contributed by atoms with Crippen molar-refractivity contribution in [2.75, 3.05) is 14.2 Å². The fraction of sp³-hybridized carbons (Fsp3) is 0.111. The molecular formula is C18H15NO3S. The van der Waals surface area contributed by atoms with Crippen LogP contribution in [0.3, 0.4) is 0 Å². The van der Waals surface area contributed by atoms with Crippen molar-refractivity contribution in [1.29, 1.82) is 0 Å². The molecule has 1 fully saturated rings. The highest BCUT2D eigenvalue weighted by molar-refractivity contribution is 8.18. The summed E-state index contributed by atoms with van der Waals surface area (Å²) >= 11 is 0.963. The number of methoxy groups -OCH3 is 1. The summed E-state index contributed by atoms with van der Waals surface area (Å²) in [7, 11) is 3.13. The minimum absolute atomic E-state index is 0.245. The number of amides is 2. The van der Waals surface area contributed by atoms with Gasteiger partial charge in [0.1, 0.15) is 5.75 Å². The number of nitrogens with zero attached hydrogens (tertiary/aromatic N) is 1. The summed E-state index contributed by atoms with van der Waals surface area (Å²) in [6.07, 6.45) is 1.75. The van der Waals surface area contributed by atoms with Crippen molar-refractivity contribution in [3.63, 3.8) is 0 Å². The largest absolute Gasteiger partial charge is 0.497 e. The van der Waals surface area contributed by atoms with Gasteiger partial charge in [-0.15, -0.1) is 0 Å². The number of carbonyl (C=O) groups excluding carboxylic acids is 2. The van der Waals surface area contributed by atoms with E-state index in [0.717, 1.165) is 39.1 Å². The monoisotopic (exact) mass is 325 g/mol. The zero-order chi connectivity index (χ0) is 16.4. The number of hydrogen-bond donors (Lipinski definition) is 0. The third-order valence-corrected chi connectivity index (χ3v) is 4.53. The standard InChI is InChI=1S/C18H15NO3S/c1-19-17(20)16(23-18(19)21)10-12-5-3-6-13(9-12)14-7-4-8-15(11-14)22-2/h3-11H,1-2H3/b16-10-. The van der Waals surface area contributed by atoms with E-state index in [-0.39, 0.29) is 11.1 Å². The molecule has 5 heteroatoms. The summed E-state index contributed by atoms with van der Waals surface area (Å²) in [5, 5.41) is -0.245. The molecule has 4 nitrogen and oxygen atoms in total. The van der Waals surface area contributed by atoms with Crippen LogP contribution in [0, 0.1) is 0 Å². The Labute approximate surface area is 138 Å². The number of ether oxygens (including phenoxy) is 1. The van der Waals surface area contributed by atoms with Crippen LogP contribution in [-0.2, 0) is 4.79 Å². The Bertz CT molecular complexity index is 813. The van der Waals surface area contributed by atoms with Crippen molar-refractivity contribution in [2.45, 2.75) is 0 Å². The van der Waals surface area contributed by atoms with E-state index in [2.05, 4.69) is 0 Å². The smallest absolute Gasteiger partial charge is 0.293 e. The predicted molar refractivity (Wildman–Crippen MR) is 92.2 cm³/mol. The van der Waals surface area contributed by atoms with E-state index in [4.69, 9.17) is 4.74 Å². The molecule has 0 radical (unpaired) electrons. The maximum atomic E-state index is 12.0. The zero-order valence-electron chi connectivity index (χ0n) is 12.8. The molecule has 23 heavy (non-hydrogen) atoms. The Balaban J connectivity index is 1.94. The van der Waals surface area contributed by atoms with Gasteiger partial charge in [0, 0.05) is 7.05 Å². The van der Waals surface area contributed by atoms with Gasteiger partial charge in [0.2, 0.25) is 0 Å². The van der Waals surface area contributed by atoms with Crippen LogP contribution in [0.4, 0.5) is 4.79 Å². The van der Waals surface area contributed by atoms with Crippen molar-refractivity contribution in [1.82, 2.24) is 4.90 Å². The third kappa shape index (κ3) is 3.14. The van der Waals surface area contributed by atoms with Gasteiger partial charge in [0.15, 0.2) is 0 Å². The van der Waals surface area contributed by atoms with Gasteiger partial charge in [-0.25, -0.2) is 0 Å². The first kappa shape index (κ1) is 15.4. The second kappa shape index (κ2) is 6.30. The summed E-state index contributed by atoms with van der Waals surface area (Å²) in [5.74, 6) is 0.534. The quantitative estimate of drug-likeness (QED) is 0.799. The van der Waals surface area contributed by atoms with Crippen LogP contribution >= 0.6 is 11.8 Å². The molecule has 0 aliphatic carbocycles. The van der Waals surface area contributed by atoms with E-state index in [1.165, 1.54) is 7.05 Å². The van der Waals surface area contributed by atoms with Crippen LogP contribution in [0.15, 0.2) is 53.4 Å². The summed E-state index contributed by atoms with van der Waals surface area (Å²) in [6, 6.07) is 15.6. The van der Waals surface area contributed by atoms with Crippen LogP contribution < -0.4 is 4.74 Å². The van der Waals surface area contributed by atoms with Gasteiger partial charge < -0.3 is 4.74 Å². The number of hydrogen-bond acceptors (Lipinski definition) is 4. The molecule has 1 heterocycles. The van der Waals surface area contributed by atoms with Crippen molar-refractivity contribution in [3.8, 4) is 16.9 Å². The minimum Gasteiger partial charge on any atom is -0.497 e. The molecule has 0 spiro atoms. The van der Waals surface area contributed by atoms with Crippen LogP contribution in [0.1, 0.15) is 5.56 Å². The molecule has 2 aromatic carbocycles. The molecule has 0 saturated carbocycles. The second-order valence-corrected chi connectivity index (χ2v) is 6.09. The van der Waals surface area contributed by atoms with Crippen LogP contribution in [-0.4, -0.2) is 30.2 Å². The summed E-state index contributed by atoms with van der Waals surface area (Å²) < 4.78 is 5.25. The van der Waals surface area contributed by atoms with Gasteiger partial charge in [-0.2, -0.15) is 0 Å². The average Bonchev–Trinajstić information content (AvgIpc) is 2.82. The highest BCUT2D eigenvalue weighted by Crippen LogP contribution is 2.32. The normalized spacial score (nSPS) is 16.3. The molecule has 0 unspecified atom stereocenters. The highest BCUT2D eigenvalue weighted by Gasteiger charge is 2.31. The lowest BCUT2D eigenvalue weighted by molar-refractivity contribution is -0.121. The molecule has 116 valence electrons. The number of benzene rings is 2. The van der Waals surface area contributed by atoms with Gasteiger partial charge in [0.05, 0.1) is 12.0 Å². The molecule has 2 aromatic rings. The maximum Gasteiger partial charge on any atom is 0.293 e. The van der Waals surface area contributed by atoms with Gasteiger partial charge in [-0.05, 0) is 52.7 Å². The van der Waals surface area contributed by atoms with E-state index < -0.39 is 0 Å². The topological polar surface area (TPSA) is 46.6 Å². The highest BCUT2D eigenvalue weighted by atomic mass is 32.2. The third-order valence-electron chi connectivity index (χ3n) is 3.57. The van der Waals surface area contributed by atoms with Gasteiger partial charge in [0.25, 0.3) is 11.1 Å². The Morgan fingerprint density at radius 3 is 2.39 bits per heavy atom. The SMILES string of the molecule is COc1cccc(-c2cccc(/C=C3\SC(=O)N(C)C3=O)c2)c1. The lowest BCUT2D eigenvalue weighted by Gasteiger charge is -2.06. The van der Waals surface area contributed by atoms with Crippen LogP contribution in [0.25, 0.3) is 17.2 Å². The van der Waals surface area contributed by atoms with E-state index >= 15 is 0 Å². The summed E-state index contributed by atoms with van der Waals surface area (Å²) in [4.78, 5) is 25.1. The first-order valence-electron chi connectivity index (χ1n) is 7.04. The predicted octanol–water partition coefficient (Wildman–Crippen LogP) is 4.03. The summed E-state index contributed by atoms with van der Waals surface area (Å²) in [5.41, 5.74) is 2.93. The molecule has 3 rings (SSSR count). The van der Waals surface area contributed by atoms with Crippen molar-refractivity contribution in [3.05, 3.63) is 59.0 Å². The first-order valence-corrected chi connectivity index (χ1v) is 7.86. The number of carbonyl (C=O) groups is 2. The lowest BCUT2D eigenvalue weighted by Crippen LogP contribution is -2.22. The van der Waals surface area contributed by atoms with Gasteiger partial charge in [-0.1, -0.05) is 30.3 Å². The Morgan fingerprint density at radius 1 is 1.04 bits per heavy atom. The fourth-order valence-corrected chi connectivity index (χ4v) is 3.13. The molecular weight excluding hydrogens is 310 g/mol. The summed E-state index contributed by atoms with van der Waals surface area (Å²) in [6.45, 7) is 0. The lowest BCUT2D eigenvalue weighted by atomic mass is 10.0. The molecule has 0 aromatic heterocycles. The fourth-order valence-electron chi connectivity index (χ4n) is 2.31. The van der Waals surface area contributed by atoms with Crippen molar-refractivity contribution >= 4 is 29.0 Å². The van der Waals surface area contributed by atoms with E-state index in [1.54, 1.807) is 13.2 Å². The molecule has 0 atom stereocenters. The van der Waals surface area contributed by atoms with Gasteiger partial charge in [-0.3, -0.25) is 14.5 Å². The molecule has 0 bridgehead atoms. The molecule has 0 N–H and O–H groups in total. The van der Waals surface area contributed by atoms with Crippen LogP contribution in [0.2, 0.25) is 0 Å². The maximum absolute atomic E-state index is 12.0. The van der Waals surface area contributed by atoms with Crippen molar-refractivity contribution < 1.29 is 14.3 Å². The van der Waals surface area contributed by atoms with Gasteiger partial charge >= 0.3 is 0 Å². The Kier molecular flexibility index (Phi) is 4.21. The average molecular weight is 325 g/mol. The van der Waals surface area contributed by atoms with E-state index in [1.807, 2.05) is 48.5 Å². The van der Waals surface area contributed by atoms with E-state index in [9.17, 15) is 9.59 Å². The van der Waals surface area contributed by atoms with Crippen molar-refractivity contribution in [2.24, 2.45) is 0 Å². The Morgan fingerprint density at radius 2 is 1.74 bits per heavy atom. The number of thioether (sulfide) groups is 1. The number of imide groups is 1. The van der Waals surface area contributed by atoms with Crippen LogP contribution in [0.5, 0.6) is 5.75 Å². The number of likely N-dealkylation sites (N-methyl/N-ethyl adjacent to an activating group) is 1. The Hall–Kier alpha value is -2.53. The second-order valence-electron chi connectivity index (χ2n) is 5.10. The minimum atomic E-state index is -0.258. The zero-order valence-corrected chi connectivity index (χ0v) is 13.6. The molecule has 1 saturated heterocycles. The molecule has 2 amide bonds. The molecule has 1 aliphatic heterocycles. The number of rotatable bonds is 3. The van der Waals surface area contributed by atoms with E-state index in [0.29, 0.717) is 4.91 Å². The first-order chi connectivity index (χ1) is 11.1.